The smallest absolute Gasteiger partial charge is 0.145 e. The molecule has 1 aliphatic carbocycles. The second-order valence-electron chi connectivity index (χ2n) is 17.9. The van der Waals surface area contributed by atoms with Gasteiger partial charge < -0.3 is 14.2 Å². The molecule has 0 N–H and O–H groups in total. The molecule has 2 aromatic heterocycles. The molecule has 0 bridgehead atoms. The summed E-state index contributed by atoms with van der Waals surface area (Å²) in [6, 6.07) is 93.0. The fourth-order valence-corrected chi connectivity index (χ4v) is 12.6. The lowest BCUT2D eigenvalue weighted by Crippen LogP contribution is -2.29. The van der Waals surface area contributed by atoms with Crippen LogP contribution in [-0.2, 0) is 5.41 Å². The monoisotopic (exact) mass is 898 g/mol. The molecule has 3 nitrogen and oxygen atoms in total. The van der Waals surface area contributed by atoms with Crippen molar-refractivity contribution in [2.75, 3.05) is 9.80 Å². The first kappa shape index (κ1) is 39.5. The molecule has 0 radical (unpaired) electrons. The van der Waals surface area contributed by atoms with Gasteiger partial charge in [-0.05, 0) is 111 Å². The molecular formula is C65H42N2OS. The van der Waals surface area contributed by atoms with Crippen molar-refractivity contribution < 1.29 is 4.42 Å². The maximum atomic E-state index is 7.44. The molecule has 2 heterocycles. The Hall–Kier alpha value is -8.70. The van der Waals surface area contributed by atoms with Crippen molar-refractivity contribution in [3.8, 4) is 11.1 Å². The van der Waals surface area contributed by atoms with Crippen LogP contribution in [0.4, 0.5) is 34.1 Å². The number of fused-ring (bicyclic) bond motifs is 12. The number of nitrogens with zero attached hydrogens (tertiary/aromatic N) is 2. The average Bonchev–Trinajstić information content (AvgIpc) is 4.09. The van der Waals surface area contributed by atoms with Gasteiger partial charge in [0.2, 0.25) is 0 Å². The Morgan fingerprint density at radius 2 is 0.855 bits per heavy atom. The van der Waals surface area contributed by atoms with Crippen LogP contribution in [0.15, 0.2) is 259 Å². The van der Waals surface area contributed by atoms with E-state index < -0.39 is 5.41 Å². The van der Waals surface area contributed by atoms with Gasteiger partial charge in [0.25, 0.3) is 0 Å². The summed E-state index contributed by atoms with van der Waals surface area (Å²) in [5.41, 5.74) is 14.6. The fraction of sp³-hybridized carbons (Fsp3) is 0.0154. The summed E-state index contributed by atoms with van der Waals surface area (Å²) < 4.78 is 9.90. The van der Waals surface area contributed by atoms with Crippen LogP contribution in [0.25, 0.3) is 64.0 Å². The number of anilines is 6. The van der Waals surface area contributed by atoms with Gasteiger partial charge in [-0.1, -0.05) is 182 Å². The predicted octanol–water partition coefficient (Wildman–Crippen LogP) is 18.4. The minimum absolute atomic E-state index is 0.800. The quantitative estimate of drug-likeness (QED) is 0.151. The van der Waals surface area contributed by atoms with Gasteiger partial charge in [0.05, 0.1) is 26.9 Å². The average molecular weight is 899 g/mol. The summed E-state index contributed by atoms with van der Waals surface area (Å²) in [4.78, 5) is 4.91. The molecular weight excluding hydrogens is 857 g/mol. The largest absolute Gasteiger partial charge is 0.455 e. The Morgan fingerprint density at radius 1 is 0.362 bits per heavy atom. The number of hydrogen-bond acceptors (Lipinski definition) is 4. The van der Waals surface area contributed by atoms with Crippen molar-refractivity contribution in [1.29, 1.82) is 0 Å². The minimum Gasteiger partial charge on any atom is -0.455 e. The van der Waals surface area contributed by atoms with Gasteiger partial charge in [-0.2, -0.15) is 0 Å². The molecule has 1 aliphatic rings. The van der Waals surface area contributed by atoms with Crippen molar-refractivity contribution >= 4 is 98.3 Å². The van der Waals surface area contributed by atoms with Crippen LogP contribution in [0.1, 0.15) is 22.3 Å². The van der Waals surface area contributed by atoms with Gasteiger partial charge in [-0.3, -0.25) is 0 Å². The zero-order chi connectivity index (χ0) is 45.5. The standard InChI is InChI=1S/C65H42N2OS/c1-6-24-45(25-7-1)65(46-26-8-2-9-27-46)53-42-56(67(49-32-14-5-15-33-49)50-39-38-43-22-16-17-23-44(43)40-50)64-60(52-35-19-21-37-58(52)69-64)61(53)62-54(65)41-55(59-51-34-18-20-36-57(51)68-63(59)62)66(47-28-10-3-11-29-47)48-30-12-4-13-31-48/h1-42H. The van der Waals surface area contributed by atoms with E-state index in [2.05, 4.69) is 265 Å². The van der Waals surface area contributed by atoms with Gasteiger partial charge in [-0.15, -0.1) is 11.3 Å². The third-order valence-corrected chi connectivity index (χ3v) is 15.4. The highest BCUT2D eigenvalue weighted by Crippen LogP contribution is 2.65. The topological polar surface area (TPSA) is 19.6 Å². The van der Waals surface area contributed by atoms with E-state index >= 15 is 0 Å². The van der Waals surface area contributed by atoms with Gasteiger partial charge in [0.1, 0.15) is 11.2 Å². The number of para-hydroxylation sites is 4. The van der Waals surface area contributed by atoms with Crippen LogP contribution in [0, 0.1) is 0 Å². The second-order valence-corrected chi connectivity index (χ2v) is 19.0. The maximum absolute atomic E-state index is 7.44. The molecule has 324 valence electrons. The van der Waals surface area contributed by atoms with Crippen LogP contribution in [0.2, 0.25) is 0 Å². The molecule has 4 heteroatoms. The van der Waals surface area contributed by atoms with E-state index in [0.29, 0.717) is 0 Å². The van der Waals surface area contributed by atoms with E-state index in [-0.39, 0.29) is 0 Å². The second kappa shape index (κ2) is 15.7. The predicted molar refractivity (Wildman–Crippen MR) is 291 cm³/mol. The van der Waals surface area contributed by atoms with Gasteiger partial charge in [0, 0.05) is 49.2 Å². The maximum Gasteiger partial charge on any atom is 0.145 e. The summed E-state index contributed by atoms with van der Waals surface area (Å²) in [6.07, 6.45) is 0. The Bertz CT molecular complexity index is 3990. The van der Waals surface area contributed by atoms with Crippen LogP contribution in [0.3, 0.4) is 0 Å². The molecule has 0 spiro atoms. The number of rotatable bonds is 8. The van der Waals surface area contributed by atoms with Gasteiger partial charge >= 0.3 is 0 Å². The van der Waals surface area contributed by atoms with Crippen LogP contribution < -0.4 is 9.80 Å². The molecule has 0 amide bonds. The third kappa shape index (κ3) is 5.92. The Labute approximate surface area is 404 Å². The summed E-state index contributed by atoms with van der Waals surface area (Å²) in [7, 11) is 0. The molecule has 11 aromatic carbocycles. The summed E-state index contributed by atoms with van der Waals surface area (Å²) in [5.74, 6) is 0. The van der Waals surface area contributed by atoms with Crippen molar-refractivity contribution in [3.63, 3.8) is 0 Å². The lowest BCUT2D eigenvalue weighted by Gasteiger charge is -2.36. The van der Waals surface area contributed by atoms with Crippen molar-refractivity contribution in [2.45, 2.75) is 5.41 Å². The van der Waals surface area contributed by atoms with E-state index in [1.165, 1.54) is 58.8 Å². The van der Waals surface area contributed by atoms with Gasteiger partial charge in [0.15, 0.2) is 0 Å². The molecule has 0 atom stereocenters. The van der Waals surface area contributed by atoms with Crippen molar-refractivity contribution in [1.82, 2.24) is 0 Å². The SMILES string of the molecule is c1ccc(N(c2ccc3ccccc3c2)c2cc3c(c4c2sc2ccccc24)-c2c(cc(N(c4ccccc4)c4ccccc4)c4c2oc2ccccc24)C3(c2ccccc2)c2ccccc2)cc1. The fourth-order valence-electron chi connectivity index (χ4n) is 11.4. The van der Waals surface area contributed by atoms with Crippen LogP contribution in [0.5, 0.6) is 0 Å². The first-order valence-corrected chi connectivity index (χ1v) is 24.4. The molecule has 13 aromatic rings. The zero-order valence-corrected chi connectivity index (χ0v) is 38.3. The molecule has 0 aliphatic heterocycles. The summed E-state index contributed by atoms with van der Waals surface area (Å²) in [6.45, 7) is 0. The van der Waals surface area contributed by atoms with Crippen molar-refractivity contribution in [3.05, 3.63) is 277 Å². The molecule has 0 fully saturated rings. The summed E-state index contributed by atoms with van der Waals surface area (Å²) in [5, 5.41) is 7.03. The van der Waals surface area contributed by atoms with E-state index in [4.69, 9.17) is 4.42 Å². The highest BCUT2D eigenvalue weighted by atomic mass is 32.1. The Kier molecular flexibility index (Phi) is 8.98. The first-order valence-electron chi connectivity index (χ1n) is 23.6. The lowest BCUT2D eigenvalue weighted by atomic mass is 9.67. The zero-order valence-electron chi connectivity index (χ0n) is 37.5. The number of benzene rings is 11. The first-order chi connectivity index (χ1) is 34.3. The van der Waals surface area contributed by atoms with Crippen molar-refractivity contribution in [2.24, 2.45) is 0 Å². The highest BCUT2D eigenvalue weighted by molar-refractivity contribution is 7.26. The van der Waals surface area contributed by atoms with E-state index in [9.17, 15) is 0 Å². The highest BCUT2D eigenvalue weighted by Gasteiger charge is 2.50. The molecule has 14 rings (SSSR count). The molecule has 0 unspecified atom stereocenters. The van der Waals surface area contributed by atoms with Gasteiger partial charge in [-0.25, -0.2) is 0 Å². The third-order valence-electron chi connectivity index (χ3n) is 14.2. The molecule has 0 saturated carbocycles. The number of furan rings is 1. The Balaban J connectivity index is 1.21. The van der Waals surface area contributed by atoms with E-state index in [0.717, 1.165) is 61.6 Å². The van der Waals surface area contributed by atoms with Crippen LogP contribution in [-0.4, -0.2) is 0 Å². The molecule has 69 heavy (non-hydrogen) atoms. The Morgan fingerprint density at radius 3 is 1.49 bits per heavy atom. The molecule has 0 saturated heterocycles. The van der Waals surface area contributed by atoms with E-state index in [1.807, 2.05) is 11.3 Å². The number of thiophene rings is 1. The normalized spacial score (nSPS) is 12.8. The lowest BCUT2D eigenvalue weighted by molar-refractivity contribution is 0.669. The number of hydrogen-bond donors (Lipinski definition) is 0. The minimum atomic E-state index is -0.800. The van der Waals surface area contributed by atoms with Crippen LogP contribution >= 0.6 is 11.3 Å². The van der Waals surface area contributed by atoms with E-state index in [1.54, 1.807) is 0 Å². The summed E-state index contributed by atoms with van der Waals surface area (Å²) >= 11 is 1.87.